The smallest absolute Gasteiger partial charge is 0.224 e. The van der Waals surface area contributed by atoms with Gasteiger partial charge in [0.15, 0.2) is 0 Å². The molecule has 0 aliphatic carbocycles. The molecule has 19 heavy (non-hydrogen) atoms. The van der Waals surface area contributed by atoms with Gasteiger partial charge in [-0.1, -0.05) is 25.4 Å². The van der Waals surface area contributed by atoms with E-state index in [2.05, 4.69) is 9.97 Å². The van der Waals surface area contributed by atoms with Gasteiger partial charge in [-0.2, -0.15) is 4.98 Å². The van der Waals surface area contributed by atoms with Crippen molar-refractivity contribution < 1.29 is 9.13 Å². The molecule has 0 aliphatic rings. The van der Waals surface area contributed by atoms with E-state index < -0.39 is 5.82 Å². The highest BCUT2D eigenvalue weighted by Gasteiger charge is 2.09. The maximum Gasteiger partial charge on any atom is 0.224 e. The van der Waals surface area contributed by atoms with Crippen LogP contribution >= 0.6 is 11.6 Å². The molecule has 0 bridgehead atoms. The first-order chi connectivity index (χ1) is 8.95. The van der Waals surface area contributed by atoms with E-state index in [1.165, 1.54) is 18.2 Å². The standard InChI is InChI=1S/C13H13ClFN3O/c1-7(2)13-17-11(16)6-12(18-13)19-8-3-4-9(14)10(15)5-8/h3-7H,1-2H3,(H2,16,17,18). The molecular weight excluding hydrogens is 269 g/mol. The van der Waals surface area contributed by atoms with E-state index >= 15 is 0 Å². The molecule has 4 nitrogen and oxygen atoms in total. The third kappa shape index (κ3) is 3.32. The van der Waals surface area contributed by atoms with E-state index in [-0.39, 0.29) is 16.8 Å². The molecule has 0 saturated heterocycles. The van der Waals surface area contributed by atoms with Crippen LogP contribution in [0.4, 0.5) is 10.2 Å². The topological polar surface area (TPSA) is 61.0 Å². The first kappa shape index (κ1) is 13.5. The van der Waals surface area contributed by atoms with Crippen LogP contribution in [0.25, 0.3) is 0 Å². The third-order valence-electron chi connectivity index (χ3n) is 2.37. The van der Waals surface area contributed by atoms with E-state index in [4.69, 9.17) is 22.1 Å². The van der Waals surface area contributed by atoms with Crippen molar-refractivity contribution in [1.29, 1.82) is 0 Å². The highest BCUT2D eigenvalue weighted by atomic mass is 35.5. The predicted octanol–water partition coefficient (Wildman–Crippen LogP) is 3.77. The van der Waals surface area contributed by atoms with Gasteiger partial charge in [-0.15, -0.1) is 0 Å². The summed E-state index contributed by atoms with van der Waals surface area (Å²) in [4.78, 5) is 8.31. The Bertz CT molecular complexity index is 604. The summed E-state index contributed by atoms with van der Waals surface area (Å²) < 4.78 is 18.8. The molecule has 0 atom stereocenters. The zero-order chi connectivity index (χ0) is 14.0. The minimum Gasteiger partial charge on any atom is -0.439 e. The number of nitrogens with two attached hydrogens (primary N) is 1. The molecule has 0 aliphatic heterocycles. The van der Waals surface area contributed by atoms with Crippen molar-refractivity contribution in [3.05, 3.63) is 40.9 Å². The molecule has 2 N–H and O–H groups in total. The zero-order valence-electron chi connectivity index (χ0n) is 10.5. The number of aromatic nitrogens is 2. The highest BCUT2D eigenvalue weighted by Crippen LogP contribution is 2.26. The lowest BCUT2D eigenvalue weighted by Crippen LogP contribution is -2.03. The summed E-state index contributed by atoms with van der Waals surface area (Å²) in [6.07, 6.45) is 0. The molecule has 6 heteroatoms. The molecule has 1 aromatic carbocycles. The van der Waals surface area contributed by atoms with Crippen molar-refractivity contribution in [2.75, 3.05) is 5.73 Å². The Balaban J connectivity index is 2.29. The van der Waals surface area contributed by atoms with Gasteiger partial charge in [-0.25, -0.2) is 9.37 Å². The average molecular weight is 282 g/mol. The zero-order valence-corrected chi connectivity index (χ0v) is 11.3. The van der Waals surface area contributed by atoms with Crippen molar-refractivity contribution in [3.8, 4) is 11.6 Å². The molecular formula is C13H13ClFN3O. The molecule has 0 unspecified atom stereocenters. The Hall–Kier alpha value is -1.88. The fourth-order valence-corrected chi connectivity index (χ4v) is 1.55. The molecule has 0 amide bonds. The van der Waals surface area contributed by atoms with Gasteiger partial charge < -0.3 is 10.5 Å². The largest absolute Gasteiger partial charge is 0.439 e. The summed E-state index contributed by atoms with van der Waals surface area (Å²) in [5.74, 6) is 1.03. The van der Waals surface area contributed by atoms with Crippen LogP contribution < -0.4 is 10.5 Å². The number of rotatable bonds is 3. The summed E-state index contributed by atoms with van der Waals surface area (Å²) in [6.45, 7) is 3.89. The maximum absolute atomic E-state index is 13.3. The van der Waals surface area contributed by atoms with Crippen LogP contribution in [-0.4, -0.2) is 9.97 Å². The van der Waals surface area contributed by atoms with E-state index in [1.807, 2.05) is 13.8 Å². The van der Waals surface area contributed by atoms with E-state index in [0.29, 0.717) is 17.4 Å². The molecule has 0 saturated carbocycles. The molecule has 2 aromatic rings. The second-order valence-electron chi connectivity index (χ2n) is 4.32. The first-order valence-corrected chi connectivity index (χ1v) is 6.11. The molecule has 0 fully saturated rings. The minimum atomic E-state index is -0.551. The number of hydrogen-bond donors (Lipinski definition) is 1. The molecule has 0 spiro atoms. The normalized spacial score (nSPS) is 10.8. The van der Waals surface area contributed by atoms with Gasteiger partial charge in [0.05, 0.1) is 5.02 Å². The second kappa shape index (κ2) is 5.40. The molecule has 100 valence electrons. The van der Waals surface area contributed by atoms with Gasteiger partial charge in [-0.05, 0) is 12.1 Å². The van der Waals surface area contributed by atoms with Crippen LogP contribution in [0.5, 0.6) is 11.6 Å². The van der Waals surface area contributed by atoms with Crippen LogP contribution in [0.1, 0.15) is 25.6 Å². The summed E-state index contributed by atoms with van der Waals surface area (Å²) >= 11 is 5.60. The second-order valence-corrected chi connectivity index (χ2v) is 4.73. The quantitative estimate of drug-likeness (QED) is 0.930. The summed E-state index contributed by atoms with van der Waals surface area (Å²) in [5.41, 5.74) is 5.68. The molecule has 0 radical (unpaired) electrons. The van der Waals surface area contributed by atoms with E-state index in [0.717, 1.165) is 0 Å². The van der Waals surface area contributed by atoms with Crippen LogP contribution in [0.3, 0.4) is 0 Å². The van der Waals surface area contributed by atoms with Crippen molar-refractivity contribution in [2.24, 2.45) is 0 Å². The number of benzene rings is 1. The Morgan fingerprint density at radius 2 is 2.00 bits per heavy atom. The number of nitrogen functional groups attached to an aromatic ring is 1. The van der Waals surface area contributed by atoms with E-state index in [9.17, 15) is 4.39 Å². The van der Waals surface area contributed by atoms with Gasteiger partial charge in [0.2, 0.25) is 5.88 Å². The number of halogens is 2. The van der Waals surface area contributed by atoms with Gasteiger partial charge in [0, 0.05) is 18.1 Å². The fourth-order valence-electron chi connectivity index (χ4n) is 1.43. The number of anilines is 1. The van der Waals surface area contributed by atoms with Crippen molar-refractivity contribution in [1.82, 2.24) is 9.97 Å². The van der Waals surface area contributed by atoms with Crippen LogP contribution in [0, 0.1) is 5.82 Å². The van der Waals surface area contributed by atoms with E-state index in [1.54, 1.807) is 6.07 Å². The number of hydrogen-bond acceptors (Lipinski definition) is 4. The Morgan fingerprint density at radius 3 is 2.63 bits per heavy atom. The lowest BCUT2D eigenvalue weighted by molar-refractivity contribution is 0.453. The SMILES string of the molecule is CC(C)c1nc(N)cc(Oc2ccc(Cl)c(F)c2)n1. The summed E-state index contributed by atoms with van der Waals surface area (Å²) in [5, 5.41) is 0.0393. The monoisotopic (exact) mass is 281 g/mol. The highest BCUT2D eigenvalue weighted by molar-refractivity contribution is 6.30. The Labute approximate surface area is 115 Å². The Kier molecular flexibility index (Phi) is 3.85. The van der Waals surface area contributed by atoms with Crippen LogP contribution in [0.15, 0.2) is 24.3 Å². The summed E-state index contributed by atoms with van der Waals surface area (Å²) in [6, 6.07) is 5.65. The third-order valence-corrected chi connectivity index (χ3v) is 2.68. The van der Waals surface area contributed by atoms with Crippen molar-refractivity contribution in [2.45, 2.75) is 19.8 Å². The van der Waals surface area contributed by atoms with Crippen molar-refractivity contribution >= 4 is 17.4 Å². The fraction of sp³-hybridized carbons (Fsp3) is 0.231. The first-order valence-electron chi connectivity index (χ1n) is 5.73. The van der Waals surface area contributed by atoms with Crippen LogP contribution in [-0.2, 0) is 0 Å². The maximum atomic E-state index is 13.3. The van der Waals surface area contributed by atoms with Gasteiger partial charge in [0.25, 0.3) is 0 Å². The van der Waals surface area contributed by atoms with Crippen LogP contribution in [0.2, 0.25) is 5.02 Å². The van der Waals surface area contributed by atoms with Crippen molar-refractivity contribution in [3.63, 3.8) is 0 Å². The molecule has 1 aromatic heterocycles. The molecule has 1 heterocycles. The molecule has 2 rings (SSSR count). The summed E-state index contributed by atoms with van der Waals surface area (Å²) in [7, 11) is 0. The number of nitrogens with zero attached hydrogens (tertiary/aromatic N) is 2. The number of ether oxygens (including phenoxy) is 1. The lowest BCUT2D eigenvalue weighted by Gasteiger charge is -2.09. The van der Waals surface area contributed by atoms with Gasteiger partial charge >= 0.3 is 0 Å². The minimum absolute atomic E-state index is 0.0393. The lowest BCUT2D eigenvalue weighted by atomic mass is 10.2. The van der Waals surface area contributed by atoms with Gasteiger partial charge in [-0.3, -0.25) is 0 Å². The predicted molar refractivity (Wildman–Crippen MR) is 72.0 cm³/mol. The van der Waals surface area contributed by atoms with Gasteiger partial charge in [0.1, 0.15) is 23.2 Å². The average Bonchev–Trinajstić information content (AvgIpc) is 2.33. The Morgan fingerprint density at radius 1 is 1.26 bits per heavy atom.